The molecule has 1 radical (unpaired) electrons. The number of nitrogens with zero attached hydrogens (tertiary/aromatic N) is 2. The Labute approximate surface area is 107 Å². The van der Waals surface area contributed by atoms with Gasteiger partial charge in [0, 0.05) is 26.3 Å². The molecular formula is C13H9IrN2-. The molecule has 2 heterocycles. The average molecular weight is 385 g/mol. The van der Waals surface area contributed by atoms with Gasteiger partial charge in [0.15, 0.2) is 0 Å². The van der Waals surface area contributed by atoms with E-state index in [-0.39, 0.29) is 20.1 Å². The maximum absolute atomic E-state index is 4.30. The third-order valence-electron chi connectivity index (χ3n) is 2.41. The van der Waals surface area contributed by atoms with Crippen LogP contribution in [0.5, 0.6) is 0 Å². The summed E-state index contributed by atoms with van der Waals surface area (Å²) >= 11 is 0. The van der Waals surface area contributed by atoms with Crippen LogP contribution < -0.4 is 0 Å². The summed E-state index contributed by atoms with van der Waals surface area (Å²) in [6, 6.07) is 16.0. The predicted molar refractivity (Wildman–Crippen MR) is 59.9 cm³/mol. The molecule has 0 saturated carbocycles. The Morgan fingerprint density at radius 3 is 2.62 bits per heavy atom. The molecule has 0 bridgehead atoms. The number of fused-ring (bicyclic) bond motifs is 1. The van der Waals surface area contributed by atoms with Gasteiger partial charge in [-0.05, 0) is 6.07 Å². The molecule has 0 fully saturated rings. The van der Waals surface area contributed by atoms with Gasteiger partial charge in [0.05, 0.1) is 5.82 Å². The molecule has 0 saturated heterocycles. The van der Waals surface area contributed by atoms with E-state index in [0.29, 0.717) is 0 Å². The van der Waals surface area contributed by atoms with Crippen molar-refractivity contribution in [1.82, 2.24) is 9.55 Å². The maximum Gasteiger partial charge on any atom is 0.0540 e. The van der Waals surface area contributed by atoms with Gasteiger partial charge in [0.2, 0.25) is 0 Å². The van der Waals surface area contributed by atoms with Gasteiger partial charge in [-0.3, -0.25) is 4.98 Å². The third kappa shape index (κ3) is 1.80. The van der Waals surface area contributed by atoms with E-state index in [9.17, 15) is 0 Å². The molecule has 3 rings (SSSR count). The quantitative estimate of drug-likeness (QED) is 0.589. The normalized spacial score (nSPS) is 10.0. The van der Waals surface area contributed by atoms with Crippen molar-refractivity contribution < 1.29 is 20.1 Å². The molecule has 0 amide bonds. The summed E-state index contributed by atoms with van der Waals surface area (Å²) in [5.74, 6) is 0.902. The summed E-state index contributed by atoms with van der Waals surface area (Å²) in [5.41, 5.74) is 1.14. The minimum absolute atomic E-state index is 0. The Balaban J connectivity index is 0.000000963. The monoisotopic (exact) mass is 386 g/mol. The van der Waals surface area contributed by atoms with E-state index < -0.39 is 0 Å². The fourth-order valence-corrected chi connectivity index (χ4v) is 1.69. The zero-order chi connectivity index (χ0) is 10.1. The van der Waals surface area contributed by atoms with Gasteiger partial charge in [0.25, 0.3) is 0 Å². The van der Waals surface area contributed by atoms with Gasteiger partial charge in [0.1, 0.15) is 0 Å². The molecule has 0 unspecified atom stereocenters. The number of hydrogen-bond donors (Lipinski definition) is 0. The third-order valence-corrected chi connectivity index (χ3v) is 2.41. The van der Waals surface area contributed by atoms with Crippen molar-refractivity contribution in [2.45, 2.75) is 0 Å². The summed E-state index contributed by atoms with van der Waals surface area (Å²) in [6.07, 6.45) is 4.97. The van der Waals surface area contributed by atoms with Gasteiger partial charge in [-0.25, -0.2) is 0 Å². The van der Waals surface area contributed by atoms with Gasteiger partial charge >= 0.3 is 0 Å². The molecule has 3 aromatic rings. The minimum atomic E-state index is 0. The van der Waals surface area contributed by atoms with E-state index in [1.54, 1.807) is 6.20 Å². The zero-order valence-electron chi connectivity index (χ0n) is 8.42. The molecule has 1 aromatic carbocycles. The molecule has 0 aliphatic carbocycles. The Bertz CT molecular complexity index is 587. The second kappa shape index (κ2) is 4.60. The maximum atomic E-state index is 4.30. The van der Waals surface area contributed by atoms with Crippen molar-refractivity contribution in [3.05, 3.63) is 60.9 Å². The molecule has 0 atom stereocenters. The van der Waals surface area contributed by atoms with Gasteiger partial charge in [-0.1, -0.05) is 42.0 Å². The van der Waals surface area contributed by atoms with E-state index >= 15 is 0 Å². The molecular weight excluding hydrogens is 376 g/mol. The largest absolute Gasteiger partial charge is 0.429 e. The molecule has 2 aromatic heterocycles. The summed E-state index contributed by atoms with van der Waals surface area (Å²) in [6.45, 7) is 0. The average Bonchev–Trinajstić information content (AvgIpc) is 2.74. The van der Waals surface area contributed by atoms with E-state index in [4.69, 9.17) is 0 Å². The SMILES string of the molecule is [Ir].[c-]1cc2ccccc2n1-c1ccccn1. The van der Waals surface area contributed by atoms with Crippen LogP contribution in [0, 0.1) is 6.20 Å². The Morgan fingerprint density at radius 1 is 1.00 bits per heavy atom. The number of rotatable bonds is 1. The van der Waals surface area contributed by atoms with Crippen molar-refractivity contribution in [3.8, 4) is 5.82 Å². The van der Waals surface area contributed by atoms with Crippen LogP contribution in [0.15, 0.2) is 54.7 Å². The van der Waals surface area contributed by atoms with Crippen LogP contribution in [-0.4, -0.2) is 9.55 Å². The van der Waals surface area contributed by atoms with Crippen molar-refractivity contribution in [1.29, 1.82) is 0 Å². The molecule has 81 valence electrons. The van der Waals surface area contributed by atoms with E-state index in [1.807, 2.05) is 41.0 Å². The molecule has 0 aliphatic rings. The summed E-state index contributed by atoms with van der Waals surface area (Å²) in [4.78, 5) is 4.30. The minimum Gasteiger partial charge on any atom is -0.429 e. The fourth-order valence-electron chi connectivity index (χ4n) is 1.69. The van der Waals surface area contributed by atoms with Crippen molar-refractivity contribution in [2.24, 2.45) is 0 Å². The van der Waals surface area contributed by atoms with E-state index in [0.717, 1.165) is 11.3 Å². The molecule has 0 spiro atoms. The molecule has 0 aliphatic heterocycles. The smallest absolute Gasteiger partial charge is 0.0540 e. The first-order valence-corrected chi connectivity index (χ1v) is 4.85. The van der Waals surface area contributed by atoms with Crippen LogP contribution in [-0.2, 0) is 20.1 Å². The first kappa shape index (κ1) is 11.1. The van der Waals surface area contributed by atoms with Crippen LogP contribution in [0.3, 0.4) is 0 Å². The molecule has 2 nitrogen and oxygen atoms in total. The van der Waals surface area contributed by atoms with Gasteiger partial charge in [-0.2, -0.15) is 0 Å². The van der Waals surface area contributed by atoms with Gasteiger partial charge < -0.3 is 4.57 Å². The van der Waals surface area contributed by atoms with Crippen molar-refractivity contribution in [2.75, 3.05) is 0 Å². The van der Waals surface area contributed by atoms with Crippen LogP contribution in [0.1, 0.15) is 0 Å². The Hall–Kier alpha value is -1.44. The molecule has 0 N–H and O–H groups in total. The second-order valence-corrected chi connectivity index (χ2v) is 3.36. The number of benzene rings is 1. The van der Waals surface area contributed by atoms with Crippen molar-refractivity contribution >= 4 is 10.9 Å². The van der Waals surface area contributed by atoms with Crippen LogP contribution in [0.25, 0.3) is 16.7 Å². The Morgan fingerprint density at radius 2 is 1.81 bits per heavy atom. The molecule has 16 heavy (non-hydrogen) atoms. The number of hydrogen-bond acceptors (Lipinski definition) is 1. The number of pyridine rings is 1. The first-order chi connectivity index (χ1) is 7.45. The number of aromatic nitrogens is 2. The topological polar surface area (TPSA) is 17.8 Å². The first-order valence-electron chi connectivity index (χ1n) is 4.85. The second-order valence-electron chi connectivity index (χ2n) is 3.36. The fraction of sp³-hybridized carbons (Fsp3) is 0. The van der Waals surface area contributed by atoms with Crippen LogP contribution in [0.4, 0.5) is 0 Å². The summed E-state index contributed by atoms with van der Waals surface area (Å²) in [7, 11) is 0. The standard InChI is InChI=1S/C13H9N2.Ir/c1-2-6-12-11(5-1)8-10-15(12)13-7-3-4-9-14-13;/h1-9H;/q-1;. The van der Waals surface area contributed by atoms with Gasteiger partial charge in [-0.15, -0.1) is 17.5 Å². The summed E-state index contributed by atoms with van der Waals surface area (Å²) < 4.78 is 1.97. The zero-order valence-corrected chi connectivity index (χ0v) is 10.8. The predicted octanol–water partition coefficient (Wildman–Crippen LogP) is 2.82. The summed E-state index contributed by atoms with van der Waals surface area (Å²) in [5, 5.41) is 1.18. The molecule has 3 heteroatoms. The van der Waals surface area contributed by atoms with Crippen LogP contribution in [0.2, 0.25) is 0 Å². The van der Waals surface area contributed by atoms with E-state index in [1.165, 1.54) is 5.39 Å². The van der Waals surface area contributed by atoms with Crippen LogP contribution >= 0.6 is 0 Å². The van der Waals surface area contributed by atoms with Crippen molar-refractivity contribution in [3.63, 3.8) is 0 Å². The van der Waals surface area contributed by atoms with E-state index in [2.05, 4.69) is 23.3 Å². The number of para-hydroxylation sites is 1. The Kier molecular flexibility index (Phi) is 3.18.